The first-order valence-corrected chi connectivity index (χ1v) is 10.1. The second-order valence-corrected chi connectivity index (χ2v) is 6.77. The molecule has 8 nitrogen and oxygen atoms in total. The molecule has 1 amide bonds. The molecule has 28 heavy (non-hydrogen) atoms. The van der Waals surface area contributed by atoms with Crippen molar-refractivity contribution in [1.29, 1.82) is 0 Å². The first kappa shape index (κ1) is 22.1. The van der Waals surface area contributed by atoms with E-state index in [0.717, 1.165) is 38.0 Å². The predicted molar refractivity (Wildman–Crippen MR) is 111 cm³/mol. The zero-order valence-corrected chi connectivity index (χ0v) is 17.0. The summed E-state index contributed by atoms with van der Waals surface area (Å²) in [4.78, 5) is 20.7. The van der Waals surface area contributed by atoms with E-state index in [0.29, 0.717) is 44.5 Å². The van der Waals surface area contributed by atoms with Crippen molar-refractivity contribution >= 4 is 17.7 Å². The van der Waals surface area contributed by atoms with E-state index in [2.05, 4.69) is 25.9 Å². The second-order valence-electron chi connectivity index (χ2n) is 6.77. The molecule has 0 saturated carbocycles. The van der Waals surface area contributed by atoms with Gasteiger partial charge in [-0.05, 0) is 44.7 Å². The normalized spacial score (nSPS) is 16.8. The van der Waals surface area contributed by atoms with Crippen LogP contribution in [0.15, 0.2) is 23.3 Å². The smallest absolute Gasteiger partial charge is 0.227 e. The Morgan fingerprint density at radius 1 is 1.39 bits per heavy atom. The van der Waals surface area contributed by atoms with Crippen LogP contribution < -0.4 is 16.0 Å². The van der Waals surface area contributed by atoms with Crippen LogP contribution in [0.5, 0.6) is 0 Å². The van der Waals surface area contributed by atoms with Gasteiger partial charge in [0.05, 0.1) is 12.7 Å². The summed E-state index contributed by atoms with van der Waals surface area (Å²) in [6, 6.07) is 3.72. The van der Waals surface area contributed by atoms with Crippen LogP contribution in [0.3, 0.4) is 0 Å². The lowest BCUT2D eigenvalue weighted by molar-refractivity contribution is -0.116. The summed E-state index contributed by atoms with van der Waals surface area (Å²) in [5, 5.41) is 9.15. The second kappa shape index (κ2) is 13.1. The van der Waals surface area contributed by atoms with Gasteiger partial charge >= 0.3 is 0 Å². The van der Waals surface area contributed by atoms with Crippen LogP contribution in [0.2, 0.25) is 0 Å². The molecule has 3 N–H and O–H groups in total. The number of aromatic nitrogens is 1. The Hall–Kier alpha value is -2.19. The Morgan fingerprint density at radius 3 is 3.00 bits per heavy atom. The Bertz CT molecular complexity index is 600. The number of anilines is 1. The van der Waals surface area contributed by atoms with Gasteiger partial charge in [-0.2, -0.15) is 0 Å². The fourth-order valence-corrected chi connectivity index (χ4v) is 2.73. The minimum Gasteiger partial charge on any atom is -0.379 e. The molecule has 1 saturated heterocycles. The molecule has 0 spiro atoms. The van der Waals surface area contributed by atoms with Gasteiger partial charge in [0.2, 0.25) is 5.91 Å². The maximum absolute atomic E-state index is 12.0. The maximum Gasteiger partial charge on any atom is 0.227 e. The van der Waals surface area contributed by atoms with Crippen LogP contribution in [0.4, 0.5) is 5.82 Å². The molecular formula is C20H33N5O3. The molecule has 1 aromatic heterocycles. The number of amides is 1. The van der Waals surface area contributed by atoms with E-state index < -0.39 is 0 Å². The third kappa shape index (κ3) is 9.14. The topological polar surface area (TPSA) is 96.9 Å². The number of hydrogen-bond donors (Lipinski definition) is 3. The van der Waals surface area contributed by atoms with Gasteiger partial charge in [0.25, 0.3) is 0 Å². The monoisotopic (exact) mass is 391 g/mol. The predicted octanol–water partition coefficient (Wildman–Crippen LogP) is 1.86. The lowest BCUT2D eigenvalue weighted by Gasteiger charge is -2.12. The van der Waals surface area contributed by atoms with Gasteiger partial charge in [-0.1, -0.05) is 6.07 Å². The molecule has 156 valence electrons. The lowest BCUT2D eigenvalue weighted by atomic mass is 10.2. The van der Waals surface area contributed by atoms with Crippen molar-refractivity contribution in [2.24, 2.45) is 4.99 Å². The van der Waals surface area contributed by atoms with Crippen molar-refractivity contribution in [3.8, 4) is 0 Å². The number of carbonyl (C=O) groups excluding carboxylic acids is 1. The molecule has 1 aliphatic heterocycles. The molecule has 1 unspecified atom stereocenters. The van der Waals surface area contributed by atoms with Crippen molar-refractivity contribution < 1.29 is 14.3 Å². The molecule has 2 heterocycles. The fraction of sp³-hybridized carbons (Fsp3) is 0.650. The molecule has 0 aromatic carbocycles. The first-order valence-electron chi connectivity index (χ1n) is 10.1. The maximum atomic E-state index is 12.0. The van der Waals surface area contributed by atoms with Crippen LogP contribution in [-0.4, -0.2) is 62.4 Å². The third-order valence-electron chi connectivity index (χ3n) is 4.21. The van der Waals surface area contributed by atoms with Crippen LogP contribution in [-0.2, 0) is 14.3 Å². The average molecular weight is 392 g/mol. The molecule has 1 aliphatic rings. The van der Waals surface area contributed by atoms with Gasteiger partial charge in [-0.25, -0.2) is 4.98 Å². The standard InChI is InChI=1S/C20H33N5O3/c1-3-21-20(22-10-5-12-27-15-17-6-4-13-28-17)23-11-9-19(26)25-18-8-7-16(2)14-24-18/h7-8,14,17H,3-6,9-13,15H2,1-2H3,(H2,21,22,23)(H,24,25,26). The van der Waals surface area contributed by atoms with E-state index in [1.165, 1.54) is 0 Å². The third-order valence-corrected chi connectivity index (χ3v) is 4.21. The molecule has 2 rings (SSSR count). The Labute approximate surface area is 167 Å². The van der Waals surface area contributed by atoms with Crippen molar-refractivity contribution in [3.05, 3.63) is 23.9 Å². The number of guanidine groups is 1. The van der Waals surface area contributed by atoms with Crippen molar-refractivity contribution in [2.45, 2.75) is 45.6 Å². The quantitative estimate of drug-likeness (QED) is 0.303. The van der Waals surface area contributed by atoms with Crippen molar-refractivity contribution in [1.82, 2.24) is 15.6 Å². The van der Waals surface area contributed by atoms with Gasteiger partial charge in [0, 0.05) is 45.5 Å². The molecule has 0 bridgehead atoms. The average Bonchev–Trinajstić information content (AvgIpc) is 3.20. The summed E-state index contributed by atoms with van der Waals surface area (Å²) >= 11 is 0. The zero-order chi connectivity index (χ0) is 20.0. The summed E-state index contributed by atoms with van der Waals surface area (Å²) < 4.78 is 11.2. The summed E-state index contributed by atoms with van der Waals surface area (Å²) in [6.45, 7) is 8.11. The molecule has 0 aliphatic carbocycles. The van der Waals surface area contributed by atoms with Crippen LogP contribution >= 0.6 is 0 Å². The Morgan fingerprint density at radius 2 is 2.29 bits per heavy atom. The highest BCUT2D eigenvalue weighted by Gasteiger charge is 2.14. The van der Waals surface area contributed by atoms with E-state index in [4.69, 9.17) is 9.47 Å². The fourth-order valence-electron chi connectivity index (χ4n) is 2.73. The van der Waals surface area contributed by atoms with Crippen molar-refractivity contribution in [2.75, 3.05) is 44.8 Å². The van der Waals surface area contributed by atoms with Gasteiger partial charge in [-0.15, -0.1) is 0 Å². The molecule has 1 atom stereocenters. The van der Waals surface area contributed by atoms with E-state index in [1.807, 2.05) is 19.9 Å². The minimum absolute atomic E-state index is 0.0813. The SMILES string of the molecule is CCNC(=NCCCOCC1CCCO1)NCCC(=O)Nc1ccc(C)cn1. The van der Waals surface area contributed by atoms with Gasteiger partial charge in [-0.3, -0.25) is 9.79 Å². The Kier molecular flexibility index (Phi) is 10.3. The summed E-state index contributed by atoms with van der Waals surface area (Å²) in [5.74, 6) is 1.20. The number of aliphatic imine (C=N–C) groups is 1. The molecule has 1 fully saturated rings. The van der Waals surface area contributed by atoms with Gasteiger partial charge in [0.15, 0.2) is 5.96 Å². The molecule has 0 radical (unpaired) electrons. The first-order chi connectivity index (χ1) is 13.7. The number of carbonyl (C=O) groups is 1. The molecule has 1 aromatic rings. The lowest BCUT2D eigenvalue weighted by Crippen LogP contribution is -2.38. The summed E-state index contributed by atoms with van der Waals surface area (Å²) in [6.07, 6.45) is 5.42. The minimum atomic E-state index is -0.0813. The number of pyridine rings is 1. The number of rotatable bonds is 11. The number of nitrogens with one attached hydrogen (secondary N) is 3. The van der Waals surface area contributed by atoms with Gasteiger partial charge in [0.1, 0.15) is 5.82 Å². The number of hydrogen-bond acceptors (Lipinski definition) is 5. The van der Waals surface area contributed by atoms with Crippen molar-refractivity contribution in [3.63, 3.8) is 0 Å². The van der Waals surface area contributed by atoms with Crippen LogP contribution in [0.25, 0.3) is 0 Å². The molecular weight excluding hydrogens is 358 g/mol. The molecule has 8 heteroatoms. The highest BCUT2D eigenvalue weighted by atomic mass is 16.5. The van der Waals surface area contributed by atoms with E-state index in [1.54, 1.807) is 12.3 Å². The van der Waals surface area contributed by atoms with E-state index >= 15 is 0 Å². The van der Waals surface area contributed by atoms with E-state index in [9.17, 15) is 4.79 Å². The summed E-state index contributed by atoms with van der Waals surface area (Å²) in [5.41, 5.74) is 1.06. The summed E-state index contributed by atoms with van der Waals surface area (Å²) in [7, 11) is 0. The highest BCUT2D eigenvalue weighted by Crippen LogP contribution is 2.11. The van der Waals surface area contributed by atoms with E-state index in [-0.39, 0.29) is 12.0 Å². The zero-order valence-electron chi connectivity index (χ0n) is 17.0. The van der Waals surface area contributed by atoms with Crippen LogP contribution in [0, 0.1) is 6.92 Å². The largest absolute Gasteiger partial charge is 0.379 e. The number of aryl methyl sites for hydroxylation is 1. The highest BCUT2D eigenvalue weighted by molar-refractivity contribution is 5.90. The number of ether oxygens (including phenoxy) is 2. The Balaban J connectivity index is 1.59. The van der Waals surface area contributed by atoms with Gasteiger partial charge < -0.3 is 25.4 Å². The van der Waals surface area contributed by atoms with Crippen LogP contribution in [0.1, 0.15) is 38.2 Å². The number of nitrogens with zero attached hydrogens (tertiary/aromatic N) is 2.